The summed E-state index contributed by atoms with van der Waals surface area (Å²) in [5, 5.41) is 6.19. The number of primary amides is 1. The molecule has 0 aromatic heterocycles. The van der Waals surface area contributed by atoms with Gasteiger partial charge in [0, 0.05) is 12.8 Å². The van der Waals surface area contributed by atoms with Gasteiger partial charge in [-0.15, -0.1) is 0 Å². The fourth-order valence-electron chi connectivity index (χ4n) is 2.67. The lowest BCUT2D eigenvalue weighted by Crippen LogP contribution is -2.47. The molecule has 1 aromatic rings. The molecule has 1 aliphatic rings. The SMILES string of the molecule is COCC1(C(=O)Nc2ccc(OCC(N)=O)cc2)CCNCC1. The molecule has 1 aromatic carbocycles. The molecule has 7 nitrogen and oxygen atoms in total. The number of ether oxygens (including phenoxy) is 2. The first-order chi connectivity index (χ1) is 11.1. The fraction of sp³-hybridized carbons (Fsp3) is 0.500. The Hall–Kier alpha value is -2.12. The van der Waals surface area contributed by atoms with Crippen LogP contribution in [0.5, 0.6) is 5.75 Å². The minimum absolute atomic E-state index is 0.0355. The van der Waals surface area contributed by atoms with Gasteiger partial charge in [-0.2, -0.15) is 0 Å². The number of hydrogen-bond acceptors (Lipinski definition) is 5. The molecule has 1 fully saturated rings. The Morgan fingerprint density at radius 2 is 1.91 bits per heavy atom. The van der Waals surface area contributed by atoms with Crippen molar-refractivity contribution in [1.82, 2.24) is 5.32 Å². The second-order valence-electron chi connectivity index (χ2n) is 5.70. The number of nitrogens with two attached hydrogens (primary N) is 1. The van der Waals surface area contributed by atoms with Gasteiger partial charge in [-0.1, -0.05) is 0 Å². The van der Waals surface area contributed by atoms with Crippen molar-refractivity contribution in [1.29, 1.82) is 0 Å². The number of benzene rings is 1. The molecule has 126 valence electrons. The molecule has 7 heteroatoms. The van der Waals surface area contributed by atoms with Crippen LogP contribution in [0.1, 0.15) is 12.8 Å². The molecule has 0 atom stereocenters. The van der Waals surface area contributed by atoms with Gasteiger partial charge in [-0.3, -0.25) is 9.59 Å². The monoisotopic (exact) mass is 321 g/mol. The summed E-state index contributed by atoms with van der Waals surface area (Å²) in [7, 11) is 1.61. The molecule has 1 saturated heterocycles. The normalized spacial score (nSPS) is 16.6. The Labute approximate surface area is 135 Å². The highest BCUT2D eigenvalue weighted by Crippen LogP contribution is 2.31. The van der Waals surface area contributed by atoms with Crippen LogP contribution in [0.2, 0.25) is 0 Å². The minimum Gasteiger partial charge on any atom is -0.484 e. The van der Waals surface area contributed by atoms with Gasteiger partial charge in [0.15, 0.2) is 6.61 Å². The lowest BCUT2D eigenvalue weighted by Gasteiger charge is -2.35. The molecule has 0 unspecified atom stereocenters. The average Bonchev–Trinajstić information content (AvgIpc) is 2.55. The van der Waals surface area contributed by atoms with E-state index in [0.29, 0.717) is 18.0 Å². The fourth-order valence-corrected chi connectivity index (χ4v) is 2.67. The van der Waals surface area contributed by atoms with Gasteiger partial charge in [0.1, 0.15) is 5.75 Å². The molecule has 0 saturated carbocycles. The third kappa shape index (κ3) is 4.67. The zero-order chi connectivity index (χ0) is 16.7. The van der Waals surface area contributed by atoms with E-state index < -0.39 is 11.3 Å². The molecule has 0 aliphatic carbocycles. The number of carbonyl (C=O) groups is 2. The largest absolute Gasteiger partial charge is 0.484 e. The molecular formula is C16H23N3O4. The number of rotatable bonds is 7. The van der Waals surface area contributed by atoms with Crippen LogP contribution in [0.4, 0.5) is 5.69 Å². The van der Waals surface area contributed by atoms with Crippen LogP contribution < -0.4 is 21.1 Å². The van der Waals surface area contributed by atoms with Gasteiger partial charge in [0.05, 0.1) is 12.0 Å². The summed E-state index contributed by atoms with van der Waals surface area (Å²) in [6, 6.07) is 6.83. The lowest BCUT2D eigenvalue weighted by atomic mass is 9.78. The minimum atomic E-state index is -0.533. The predicted octanol–water partition coefficient (Wildman–Crippen LogP) is 0.505. The van der Waals surface area contributed by atoms with E-state index in [0.717, 1.165) is 25.9 Å². The van der Waals surface area contributed by atoms with E-state index in [9.17, 15) is 9.59 Å². The maximum absolute atomic E-state index is 12.7. The van der Waals surface area contributed by atoms with E-state index in [-0.39, 0.29) is 12.5 Å². The van der Waals surface area contributed by atoms with Gasteiger partial charge in [0.2, 0.25) is 5.91 Å². The van der Waals surface area contributed by atoms with Gasteiger partial charge in [-0.25, -0.2) is 0 Å². The molecule has 4 N–H and O–H groups in total. The number of anilines is 1. The number of piperidine rings is 1. The van der Waals surface area contributed by atoms with Crippen molar-refractivity contribution in [3.63, 3.8) is 0 Å². The molecule has 0 spiro atoms. The molecule has 1 aliphatic heterocycles. The smallest absolute Gasteiger partial charge is 0.255 e. The molecule has 2 rings (SSSR count). The first-order valence-electron chi connectivity index (χ1n) is 7.58. The second kappa shape index (κ2) is 7.94. The maximum Gasteiger partial charge on any atom is 0.255 e. The van der Waals surface area contributed by atoms with Crippen LogP contribution in [0, 0.1) is 5.41 Å². The molecule has 0 bridgehead atoms. The van der Waals surface area contributed by atoms with Gasteiger partial charge >= 0.3 is 0 Å². The van der Waals surface area contributed by atoms with E-state index in [1.165, 1.54) is 0 Å². The topological polar surface area (TPSA) is 103 Å². The standard InChI is InChI=1S/C16H23N3O4/c1-22-11-16(6-8-18-9-7-16)15(21)19-12-2-4-13(5-3-12)23-10-14(17)20/h2-5,18H,6-11H2,1H3,(H2,17,20)(H,19,21). The molecule has 0 radical (unpaired) electrons. The molecule has 1 heterocycles. The van der Waals surface area contributed by atoms with Crippen LogP contribution in [0.3, 0.4) is 0 Å². The summed E-state index contributed by atoms with van der Waals surface area (Å²) >= 11 is 0. The van der Waals surface area contributed by atoms with Crippen LogP contribution in [-0.4, -0.2) is 45.2 Å². The molecular weight excluding hydrogens is 298 g/mol. The van der Waals surface area contributed by atoms with Crippen LogP contribution in [0.15, 0.2) is 24.3 Å². The summed E-state index contributed by atoms with van der Waals surface area (Å²) in [6.45, 7) is 1.84. The van der Waals surface area contributed by atoms with Crippen molar-refractivity contribution in [2.75, 3.05) is 38.7 Å². The number of hydrogen-bond donors (Lipinski definition) is 3. The van der Waals surface area contributed by atoms with Gasteiger partial charge in [0.25, 0.3) is 5.91 Å². The number of amides is 2. The van der Waals surface area contributed by atoms with E-state index in [2.05, 4.69) is 10.6 Å². The number of methoxy groups -OCH3 is 1. The van der Waals surface area contributed by atoms with E-state index in [1.54, 1.807) is 31.4 Å². The average molecular weight is 321 g/mol. The van der Waals surface area contributed by atoms with Crippen molar-refractivity contribution in [2.45, 2.75) is 12.8 Å². The Kier molecular flexibility index (Phi) is 5.95. The quantitative estimate of drug-likeness (QED) is 0.679. The number of carbonyl (C=O) groups excluding carboxylic acids is 2. The van der Waals surface area contributed by atoms with E-state index in [1.807, 2.05) is 0 Å². The third-order valence-electron chi connectivity index (χ3n) is 3.96. The molecule has 23 heavy (non-hydrogen) atoms. The van der Waals surface area contributed by atoms with Crippen LogP contribution in [0.25, 0.3) is 0 Å². The Morgan fingerprint density at radius 3 is 2.48 bits per heavy atom. The summed E-state index contributed by atoms with van der Waals surface area (Å²) in [4.78, 5) is 23.3. The highest BCUT2D eigenvalue weighted by molar-refractivity contribution is 5.95. The van der Waals surface area contributed by atoms with E-state index in [4.69, 9.17) is 15.2 Å². The highest BCUT2D eigenvalue weighted by Gasteiger charge is 2.39. The van der Waals surface area contributed by atoms with Crippen molar-refractivity contribution in [3.05, 3.63) is 24.3 Å². The van der Waals surface area contributed by atoms with Gasteiger partial charge in [-0.05, 0) is 50.2 Å². The maximum atomic E-state index is 12.7. The Morgan fingerprint density at radius 1 is 1.26 bits per heavy atom. The summed E-state index contributed by atoms with van der Waals surface area (Å²) in [5.41, 5.74) is 5.20. The zero-order valence-corrected chi connectivity index (χ0v) is 13.3. The van der Waals surface area contributed by atoms with Crippen molar-refractivity contribution < 1.29 is 19.1 Å². The predicted molar refractivity (Wildman–Crippen MR) is 86.2 cm³/mol. The Balaban J connectivity index is 1.99. The number of nitrogens with one attached hydrogen (secondary N) is 2. The zero-order valence-electron chi connectivity index (χ0n) is 13.3. The third-order valence-corrected chi connectivity index (χ3v) is 3.96. The van der Waals surface area contributed by atoms with E-state index >= 15 is 0 Å². The summed E-state index contributed by atoms with van der Waals surface area (Å²) in [6.07, 6.45) is 1.49. The first kappa shape index (κ1) is 17.2. The summed E-state index contributed by atoms with van der Waals surface area (Å²) in [5.74, 6) is -0.0447. The van der Waals surface area contributed by atoms with Crippen LogP contribution in [-0.2, 0) is 14.3 Å². The first-order valence-corrected chi connectivity index (χ1v) is 7.58. The molecule has 2 amide bonds. The van der Waals surface area contributed by atoms with Crippen molar-refractivity contribution >= 4 is 17.5 Å². The summed E-state index contributed by atoms with van der Waals surface area (Å²) < 4.78 is 10.5. The van der Waals surface area contributed by atoms with Crippen LogP contribution >= 0.6 is 0 Å². The highest BCUT2D eigenvalue weighted by atomic mass is 16.5. The lowest BCUT2D eigenvalue weighted by molar-refractivity contribution is -0.130. The van der Waals surface area contributed by atoms with Gasteiger partial charge < -0.3 is 25.8 Å². The van der Waals surface area contributed by atoms with Crippen molar-refractivity contribution in [2.24, 2.45) is 11.1 Å². The van der Waals surface area contributed by atoms with Crippen molar-refractivity contribution in [3.8, 4) is 5.75 Å². The second-order valence-corrected chi connectivity index (χ2v) is 5.70. The Bertz CT molecular complexity index is 533.